The summed E-state index contributed by atoms with van der Waals surface area (Å²) in [6, 6.07) is -1.81. The van der Waals surface area contributed by atoms with Crippen LogP contribution in [-0.2, 0) is 9.59 Å². The molecule has 9 nitrogen and oxygen atoms in total. The molecule has 1 aromatic rings. The second kappa shape index (κ2) is 6.45. The van der Waals surface area contributed by atoms with Crippen molar-refractivity contribution in [2.45, 2.75) is 25.9 Å². The Hall–Kier alpha value is -2.71. The Labute approximate surface area is 114 Å². The van der Waals surface area contributed by atoms with Gasteiger partial charge in [0, 0.05) is 12.4 Å². The van der Waals surface area contributed by atoms with Crippen molar-refractivity contribution in [3.8, 4) is 0 Å². The number of nitrogens with zero attached hydrogens (tertiary/aromatic N) is 1. The van der Waals surface area contributed by atoms with Gasteiger partial charge in [0.05, 0.1) is 0 Å². The quantitative estimate of drug-likeness (QED) is 0.487. The van der Waals surface area contributed by atoms with Crippen LogP contribution in [0.25, 0.3) is 0 Å². The van der Waals surface area contributed by atoms with Gasteiger partial charge < -0.3 is 21.4 Å². The van der Waals surface area contributed by atoms with E-state index in [2.05, 4.69) is 20.6 Å². The summed E-state index contributed by atoms with van der Waals surface area (Å²) in [4.78, 5) is 51.5. The molecule has 3 amide bonds. The van der Waals surface area contributed by atoms with Crippen LogP contribution in [0.15, 0.2) is 17.2 Å². The van der Waals surface area contributed by atoms with E-state index in [0.29, 0.717) is 0 Å². The summed E-state index contributed by atoms with van der Waals surface area (Å²) < 4.78 is 0. The molecule has 0 aromatic carbocycles. The highest BCUT2D eigenvalue weighted by molar-refractivity contribution is 5.96. The molecule has 1 heterocycles. The summed E-state index contributed by atoms with van der Waals surface area (Å²) in [5.74, 6) is -2.09. The Bertz CT molecular complexity index is 582. The number of nitrogens with two attached hydrogens (primary N) is 1. The van der Waals surface area contributed by atoms with Gasteiger partial charge in [-0.15, -0.1) is 0 Å². The Morgan fingerprint density at radius 1 is 1.25 bits per heavy atom. The van der Waals surface area contributed by atoms with Gasteiger partial charge in [-0.05, 0) is 13.8 Å². The number of aromatic amines is 1. The lowest BCUT2D eigenvalue weighted by molar-refractivity contribution is -0.127. The fraction of sp³-hybridized carbons (Fsp3) is 0.364. The molecule has 9 heteroatoms. The first-order valence-corrected chi connectivity index (χ1v) is 5.77. The predicted molar refractivity (Wildman–Crippen MR) is 68.6 cm³/mol. The van der Waals surface area contributed by atoms with Crippen LogP contribution in [0.3, 0.4) is 0 Å². The average molecular weight is 281 g/mol. The summed E-state index contributed by atoms with van der Waals surface area (Å²) in [5, 5.41) is 4.61. The minimum atomic E-state index is -0.953. The molecule has 0 spiro atoms. The molecule has 0 bridgehead atoms. The first kappa shape index (κ1) is 15.3. The number of amides is 3. The van der Waals surface area contributed by atoms with Gasteiger partial charge in [-0.1, -0.05) is 0 Å². The number of aromatic nitrogens is 2. The SMILES string of the molecule is C[C@H](NC(=O)[C@H](C)NC(=O)c1ncc[nH]c1=O)C(N)=O. The molecule has 0 saturated carbocycles. The topological polar surface area (TPSA) is 147 Å². The van der Waals surface area contributed by atoms with E-state index in [0.717, 1.165) is 0 Å². The summed E-state index contributed by atoms with van der Waals surface area (Å²) in [5.41, 5.74) is 3.98. The average Bonchev–Trinajstić information content (AvgIpc) is 2.38. The van der Waals surface area contributed by atoms with Gasteiger partial charge in [-0.25, -0.2) is 4.98 Å². The molecule has 108 valence electrons. The zero-order valence-corrected chi connectivity index (χ0v) is 11.0. The number of carbonyl (C=O) groups excluding carboxylic acids is 3. The van der Waals surface area contributed by atoms with E-state index in [1.165, 1.54) is 26.2 Å². The minimum absolute atomic E-state index is 0.352. The zero-order valence-electron chi connectivity index (χ0n) is 11.0. The van der Waals surface area contributed by atoms with Crippen molar-refractivity contribution in [2.75, 3.05) is 0 Å². The summed E-state index contributed by atoms with van der Waals surface area (Å²) in [6.45, 7) is 2.82. The standard InChI is InChI=1S/C11H15N5O4/c1-5(8(12)17)15-9(18)6(2)16-11(20)7-10(19)14-4-3-13-7/h3-6H,1-2H3,(H2,12,17)(H,14,19)(H,15,18)(H,16,20)/t5-,6-/m0/s1. The van der Waals surface area contributed by atoms with E-state index in [9.17, 15) is 19.2 Å². The predicted octanol–water partition coefficient (Wildman–Crippen LogP) is -2.12. The monoisotopic (exact) mass is 281 g/mol. The molecule has 0 aliphatic rings. The van der Waals surface area contributed by atoms with Crippen molar-refractivity contribution in [2.24, 2.45) is 5.73 Å². The van der Waals surface area contributed by atoms with Crippen molar-refractivity contribution in [1.82, 2.24) is 20.6 Å². The molecule has 0 aliphatic carbocycles. The smallest absolute Gasteiger partial charge is 0.279 e. The number of H-pyrrole nitrogens is 1. The lowest BCUT2D eigenvalue weighted by Crippen LogP contribution is -2.51. The largest absolute Gasteiger partial charge is 0.368 e. The molecular formula is C11H15N5O4. The fourth-order valence-electron chi connectivity index (χ4n) is 1.25. The van der Waals surface area contributed by atoms with Crippen LogP contribution in [0.2, 0.25) is 0 Å². The van der Waals surface area contributed by atoms with Gasteiger partial charge in [0.15, 0.2) is 5.69 Å². The molecule has 20 heavy (non-hydrogen) atoms. The van der Waals surface area contributed by atoms with Crippen molar-refractivity contribution in [3.63, 3.8) is 0 Å². The third-order valence-corrected chi connectivity index (χ3v) is 2.45. The number of nitrogens with one attached hydrogen (secondary N) is 3. The molecule has 5 N–H and O–H groups in total. The van der Waals surface area contributed by atoms with Crippen molar-refractivity contribution in [1.29, 1.82) is 0 Å². The maximum atomic E-state index is 11.7. The van der Waals surface area contributed by atoms with Crippen LogP contribution in [-0.4, -0.2) is 39.8 Å². The number of carbonyl (C=O) groups is 3. The second-order valence-corrected chi connectivity index (χ2v) is 4.09. The van der Waals surface area contributed by atoms with E-state index in [4.69, 9.17) is 5.73 Å². The van der Waals surface area contributed by atoms with E-state index in [1.807, 2.05) is 0 Å². The number of hydrogen-bond acceptors (Lipinski definition) is 5. The van der Waals surface area contributed by atoms with Gasteiger partial charge in [0.1, 0.15) is 12.1 Å². The third kappa shape index (κ3) is 3.90. The maximum Gasteiger partial charge on any atom is 0.279 e. The zero-order chi connectivity index (χ0) is 15.3. The Morgan fingerprint density at radius 2 is 1.90 bits per heavy atom. The molecule has 0 radical (unpaired) electrons. The molecule has 1 rings (SSSR count). The van der Waals surface area contributed by atoms with Crippen LogP contribution in [0.4, 0.5) is 0 Å². The molecular weight excluding hydrogens is 266 g/mol. The van der Waals surface area contributed by atoms with Crippen LogP contribution in [0.5, 0.6) is 0 Å². The van der Waals surface area contributed by atoms with Gasteiger partial charge in [-0.2, -0.15) is 0 Å². The molecule has 2 atom stereocenters. The van der Waals surface area contributed by atoms with Gasteiger partial charge in [0.2, 0.25) is 11.8 Å². The van der Waals surface area contributed by atoms with E-state index in [-0.39, 0.29) is 5.69 Å². The molecule has 1 aromatic heterocycles. The van der Waals surface area contributed by atoms with Crippen molar-refractivity contribution >= 4 is 17.7 Å². The highest BCUT2D eigenvalue weighted by Gasteiger charge is 2.21. The first-order chi connectivity index (χ1) is 9.32. The normalized spacial score (nSPS) is 13.1. The van der Waals surface area contributed by atoms with E-state index < -0.39 is 35.4 Å². The van der Waals surface area contributed by atoms with Gasteiger partial charge in [0.25, 0.3) is 11.5 Å². The van der Waals surface area contributed by atoms with Crippen LogP contribution >= 0.6 is 0 Å². The maximum absolute atomic E-state index is 11.7. The number of primary amides is 1. The first-order valence-electron chi connectivity index (χ1n) is 5.77. The Balaban J connectivity index is 2.67. The Kier molecular flexibility index (Phi) is 4.95. The van der Waals surface area contributed by atoms with E-state index in [1.54, 1.807) is 0 Å². The lowest BCUT2D eigenvalue weighted by atomic mass is 10.2. The summed E-state index contributed by atoms with van der Waals surface area (Å²) in [6.07, 6.45) is 2.53. The summed E-state index contributed by atoms with van der Waals surface area (Å²) in [7, 11) is 0. The lowest BCUT2D eigenvalue weighted by Gasteiger charge is -2.16. The van der Waals surface area contributed by atoms with Crippen LogP contribution in [0, 0.1) is 0 Å². The van der Waals surface area contributed by atoms with Gasteiger partial charge in [-0.3, -0.25) is 19.2 Å². The van der Waals surface area contributed by atoms with Crippen LogP contribution in [0.1, 0.15) is 24.3 Å². The molecule has 0 saturated heterocycles. The molecule has 0 unspecified atom stereocenters. The van der Waals surface area contributed by atoms with Gasteiger partial charge >= 0.3 is 0 Å². The third-order valence-electron chi connectivity index (χ3n) is 2.45. The number of rotatable bonds is 5. The van der Waals surface area contributed by atoms with Crippen LogP contribution < -0.4 is 21.9 Å². The molecule has 0 fully saturated rings. The van der Waals surface area contributed by atoms with Crippen molar-refractivity contribution in [3.05, 3.63) is 28.4 Å². The summed E-state index contributed by atoms with van der Waals surface area (Å²) >= 11 is 0. The highest BCUT2D eigenvalue weighted by Crippen LogP contribution is 1.90. The highest BCUT2D eigenvalue weighted by atomic mass is 16.2. The van der Waals surface area contributed by atoms with E-state index >= 15 is 0 Å². The number of hydrogen-bond donors (Lipinski definition) is 4. The second-order valence-electron chi connectivity index (χ2n) is 4.09. The fourth-order valence-corrected chi connectivity index (χ4v) is 1.25. The minimum Gasteiger partial charge on any atom is -0.368 e. The van der Waals surface area contributed by atoms with Crippen molar-refractivity contribution < 1.29 is 14.4 Å². The molecule has 0 aliphatic heterocycles. The Morgan fingerprint density at radius 3 is 2.45 bits per heavy atom.